The quantitative estimate of drug-likeness (QED) is 0.662. The first kappa shape index (κ1) is 13.3. The lowest BCUT2D eigenvalue weighted by Gasteiger charge is -2.00. The zero-order chi connectivity index (χ0) is 12.8. The SMILES string of the molecule is O=C(O)c1ccc(C(=O)O)c(C#CCCBr)c1. The van der Waals surface area contributed by atoms with Gasteiger partial charge < -0.3 is 10.2 Å². The van der Waals surface area contributed by atoms with Crippen LogP contribution in [0.3, 0.4) is 0 Å². The summed E-state index contributed by atoms with van der Waals surface area (Å²) >= 11 is 3.20. The fourth-order valence-corrected chi connectivity index (χ4v) is 1.37. The Balaban J connectivity index is 3.22. The highest BCUT2D eigenvalue weighted by molar-refractivity contribution is 9.09. The Hall–Kier alpha value is -1.80. The van der Waals surface area contributed by atoms with Gasteiger partial charge in [0.2, 0.25) is 0 Å². The lowest BCUT2D eigenvalue weighted by Crippen LogP contribution is -2.03. The van der Waals surface area contributed by atoms with Crippen LogP contribution in [0.4, 0.5) is 0 Å². The minimum atomic E-state index is -1.12. The summed E-state index contributed by atoms with van der Waals surface area (Å²) in [6, 6.07) is 3.78. The van der Waals surface area contributed by atoms with Gasteiger partial charge in [-0.05, 0) is 18.2 Å². The van der Waals surface area contributed by atoms with Crippen LogP contribution >= 0.6 is 15.9 Å². The number of carboxylic acid groups (broad SMARTS) is 2. The van der Waals surface area contributed by atoms with Gasteiger partial charge in [-0.25, -0.2) is 9.59 Å². The van der Waals surface area contributed by atoms with E-state index >= 15 is 0 Å². The molecule has 2 N–H and O–H groups in total. The third kappa shape index (κ3) is 3.61. The Morgan fingerprint density at radius 2 is 1.94 bits per heavy atom. The predicted octanol–water partition coefficient (Wildman–Crippen LogP) is 2.22. The van der Waals surface area contributed by atoms with Crippen LogP contribution in [0.5, 0.6) is 0 Å². The minimum absolute atomic E-state index is 0.0112. The summed E-state index contributed by atoms with van der Waals surface area (Å²) in [6.45, 7) is 0. The van der Waals surface area contributed by atoms with E-state index in [1.54, 1.807) is 0 Å². The van der Waals surface area contributed by atoms with Crippen molar-refractivity contribution in [2.24, 2.45) is 0 Å². The number of carboxylic acids is 2. The van der Waals surface area contributed by atoms with Gasteiger partial charge in [-0.2, -0.15) is 0 Å². The molecule has 1 rings (SSSR count). The first-order valence-electron chi connectivity index (χ1n) is 4.71. The standard InChI is InChI=1S/C12H9BrO4/c13-6-2-1-3-8-7-9(11(14)15)4-5-10(8)12(16)17/h4-5,7H,2,6H2,(H,14,15)(H,16,17). The van der Waals surface area contributed by atoms with Gasteiger partial charge in [0.05, 0.1) is 11.1 Å². The first-order valence-corrected chi connectivity index (χ1v) is 5.84. The van der Waals surface area contributed by atoms with Crippen molar-refractivity contribution < 1.29 is 19.8 Å². The molecule has 17 heavy (non-hydrogen) atoms. The highest BCUT2D eigenvalue weighted by Crippen LogP contribution is 2.11. The van der Waals surface area contributed by atoms with Gasteiger partial charge in [0.15, 0.2) is 0 Å². The van der Waals surface area contributed by atoms with E-state index in [4.69, 9.17) is 10.2 Å². The van der Waals surface area contributed by atoms with Crippen molar-refractivity contribution in [1.82, 2.24) is 0 Å². The molecule has 0 fully saturated rings. The largest absolute Gasteiger partial charge is 0.478 e. The molecule has 0 saturated heterocycles. The van der Waals surface area contributed by atoms with Gasteiger partial charge in [-0.15, -0.1) is 0 Å². The van der Waals surface area contributed by atoms with Crippen LogP contribution in [-0.2, 0) is 0 Å². The topological polar surface area (TPSA) is 74.6 Å². The fraction of sp³-hybridized carbons (Fsp3) is 0.167. The van der Waals surface area contributed by atoms with Crippen LogP contribution in [0, 0.1) is 11.8 Å². The molecule has 0 bridgehead atoms. The van der Waals surface area contributed by atoms with Gasteiger partial charge in [-0.3, -0.25) is 0 Å². The third-order valence-electron chi connectivity index (χ3n) is 1.94. The highest BCUT2D eigenvalue weighted by Gasteiger charge is 2.11. The Kier molecular flexibility index (Phi) is 4.73. The summed E-state index contributed by atoms with van der Waals surface area (Å²) < 4.78 is 0. The molecule has 0 amide bonds. The van der Waals surface area contributed by atoms with Crippen LogP contribution in [0.25, 0.3) is 0 Å². The van der Waals surface area contributed by atoms with Crippen molar-refractivity contribution in [2.45, 2.75) is 6.42 Å². The molecular weight excluding hydrogens is 288 g/mol. The van der Waals surface area contributed by atoms with Crippen molar-refractivity contribution in [3.63, 3.8) is 0 Å². The van der Waals surface area contributed by atoms with Gasteiger partial charge in [0.25, 0.3) is 0 Å². The van der Waals surface area contributed by atoms with Crippen LogP contribution in [0.1, 0.15) is 32.7 Å². The summed E-state index contributed by atoms with van der Waals surface area (Å²) in [5, 5.41) is 18.4. The number of halogens is 1. The fourth-order valence-electron chi connectivity index (χ4n) is 1.17. The van der Waals surface area contributed by atoms with Crippen LogP contribution in [0.2, 0.25) is 0 Å². The first-order chi connectivity index (χ1) is 8.06. The number of aromatic carboxylic acids is 2. The number of carbonyl (C=O) groups is 2. The smallest absolute Gasteiger partial charge is 0.336 e. The molecule has 0 spiro atoms. The molecule has 0 unspecified atom stereocenters. The monoisotopic (exact) mass is 296 g/mol. The molecule has 0 aromatic heterocycles. The van der Waals surface area contributed by atoms with E-state index in [-0.39, 0.29) is 16.7 Å². The molecule has 1 aromatic rings. The molecular formula is C12H9BrO4. The molecule has 4 nitrogen and oxygen atoms in total. The second-order valence-electron chi connectivity index (χ2n) is 3.11. The number of hydrogen-bond acceptors (Lipinski definition) is 2. The number of hydrogen-bond donors (Lipinski definition) is 2. The van der Waals surface area contributed by atoms with E-state index in [1.807, 2.05) is 0 Å². The third-order valence-corrected chi connectivity index (χ3v) is 2.34. The van der Waals surface area contributed by atoms with Crippen LogP contribution in [0.15, 0.2) is 18.2 Å². The summed E-state index contributed by atoms with van der Waals surface area (Å²) in [7, 11) is 0. The summed E-state index contributed by atoms with van der Waals surface area (Å²) in [4.78, 5) is 21.7. The Morgan fingerprint density at radius 3 is 2.47 bits per heavy atom. The highest BCUT2D eigenvalue weighted by atomic mass is 79.9. The average molecular weight is 297 g/mol. The van der Waals surface area contributed by atoms with Crippen molar-refractivity contribution in [2.75, 3.05) is 5.33 Å². The van der Waals surface area contributed by atoms with E-state index in [2.05, 4.69) is 27.8 Å². The van der Waals surface area contributed by atoms with Crippen LogP contribution < -0.4 is 0 Å². The average Bonchev–Trinajstić information content (AvgIpc) is 2.28. The molecule has 5 heteroatoms. The Morgan fingerprint density at radius 1 is 1.24 bits per heavy atom. The molecule has 0 radical (unpaired) electrons. The molecule has 0 saturated carbocycles. The lowest BCUT2D eigenvalue weighted by atomic mass is 10.0. The number of rotatable bonds is 3. The molecule has 0 atom stereocenters. The zero-order valence-electron chi connectivity index (χ0n) is 8.74. The van der Waals surface area contributed by atoms with Crippen molar-refractivity contribution in [3.05, 3.63) is 34.9 Å². The van der Waals surface area contributed by atoms with Gasteiger partial charge in [0.1, 0.15) is 0 Å². The summed E-state index contributed by atoms with van der Waals surface area (Å²) in [5.41, 5.74) is 0.258. The molecule has 88 valence electrons. The number of benzene rings is 1. The normalized spacial score (nSPS) is 9.24. The van der Waals surface area contributed by atoms with Gasteiger partial charge in [0, 0.05) is 17.3 Å². The molecule has 0 aliphatic carbocycles. The van der Waals surface area contributed by atoms with Crippen molar-refractivity contribution in [1.29, 1.82) is 0 Å². The van der Waals surface area contributed by atoms with Gasteiger partial charge >= 0.3 is 11.9 Å². The van der Waals surface area contributed by atoms with E-state index in [1.165, 1.54) is 18.2 Å². The maximum absolute atomic E-state index is 10.9. The maximum atomic E-state index is 10.9. The summed E-state index contributed by atoms with van der Waals surface area (Å²) in [5.74, 6) is 3.20. The zero-order valence-corrected chi connectivity index (χ0v) is 10.3. The molecule has 1 aromatic carbocycles. The summed E-state index contributed by atoms with van der Waals surface area (Å²) in [6.07, 6.45) is 0.566. The second kappa shape index (κ2) is 6.06. The molecule has 0 aliphatic heterocycles. The predicted molar refractivity (Wildman–Crippen MR) is 65.6 cm³/mol. The lowest BCUT2D eigenvalue weighted by molar-refractivity contribution is 0.0681. The minimum Gasteiger partial charge on any atom is -0.478 e. The molecule has 0 heterocycles. The Bertz CT molecular complexity index is 511. The van der Waals surface area contributed by atoms with E-state index in [0.29, 0.717) is 11.8 Å². The maximum Gasteiger partial charge on any atom is 0.336 e. The Labute approximate surface area is 106 Å². The number of alkyl halides is 1. The van der Waals surface area contributed by atoms with Crippen molar-refractivity contribution in [3.8, 4) is 11.8 Å². The van der Waals surface area contributed by atoms with E-state index in [0.717, 1.165) is 0 Å². The second-order valence-corrected chi connectivity index (χ2v) is 3.90. The molecule has 0 aliphatic rings. The van der Waals surface area contributed by atoms with E-state index in [9.17, 15) is 9.59 Å². The van der Waals surface area contributed by atoms with Gasteiger partial charge in [-0.1, -0.05) is 27.8 Å². The van der Waals surface area contributed by atoms with Crippen molar-refractivity contribution >= 4 is 27.9 Å². The van der Waals surface area contributed by atoms with E-state index < -0.39 is 11.9 Å². The van der Waals surface area contributed by atoms with Crippen LogP contribution in [-0.4, -0.2) is 27.5 Å².